The first kappa shape index (κ1) is 22.8. The minimum atomic E-state index is -0.450. The highest BCUT2D eigenvalue weighted by molar-refractivity contribution is 8.27. The van der Waals surface area contributed by atoms with Crippen LogP contribution >= 0.6 is 24.0 Å². The molecule has 1 aliphatic heterocycles. The van der Waals surface area contributed by atoms with Crippen LogP contribution in [0.25, 0.3) is 6.08 Å². The van der Waals surface area contributed by atoms with Crippen molar-refractivity contribution in [3.05, 3.63) is 58.5 Å². The fourth-order valence-electron chi connectivity index (χ4n) is 2.95. The number of esters is 1. The summed E-state index contributed by atoms with van der Waals surface area (Å²) in [7, 11) is 0. The zero-order valence-corrected chi connectivity index (χ0v) is 19.2. The highest BCUT2D eigenvalue weighted by Gasteiger charge is 2.33. The minimum Gasteiger partial charge on any atom is -0.490 e. The molecule has 0 atom stereocenters. The lowest BCUT2D eigenvalue weighted by Gasteiger charge is -2.15. The van der Waals surface area contributed by atoms with Crippen molar-refractivity contribution in [2.24, 2.45) is 0 Å². The van der Waals surface area contributed by atoms with Crippen molar-refractivity contribution < 1.29 is 23.8 Å². The van der Waals surface area contributed by atoms with E-state index in [4.69, 9.17) is 26.4 Å². The van der Waals surface area contributed by atoms with Crippen molar-refractivity contribution in [3.63, 3.8) is 0 Å². The number of thioether (sulfide) groups is 1. The Balaban J connectivity index is 1.82. The van der Waals surface area contributed by atoms with Crippen LogP contribution in [0.15, 0.2) is 47.4 Å². The van der Waals surface area contributed by atoms with E-state index in [9.17, 15) is 9.59 Å². The Morgan fingerprint density at radius 2 is 1.90 bits per heavy atom. The number of thiocarbonyl (C=S) groups is 1. The van der Waals surface area contributed by atoms with Crippen LogP contribution in [0.4, 0.5) is 5.69 Å². The first-order valence-corrected chi connectivity index (χ1v) is 11.0. The predicted octanol–water partition coefficient (Wildman–Crippen LogP) is 4.74. The molecule has 8 heteroatoms. The van der Waals surface area contributed by atoms with Gasteiger partial charge in [-0.2, -0.15) is 0 Å². The van der Waals surface area contributed by atoms with Crippen molar-refractivity contribution in [1.29, 1.82) is 0 Å². The van der Waals surface area contributed by atoms with Gasteiger partial charge in [-0.15, -0.1) is 0 Å². The summed E-state index contributed by atoms with van der Waals surface area (Å²) >= 11 is 6.70. The Labute approximate surface area is 191 Å². The number of hydrogen-bond donors (Lipinski definition) is 0. The molecule has 0 radical (unpaired) electrons. The molecule has 1 fully saturated rings. The van der Waals surface area contributed by atoms with Crippen LogP contribution in [0, 0.1) is 6.92 Å². The number of carbonyl (C=O) groups is 2. The molecule has 2 aromatic carbocycles. The van der Waals surface area contributed by atoms with Crippen LogP contribution in [0.5, 0.6) is 11.5 Å². The topological polar surface area (TPSA) is 65.1 Å². The fraction of sp³-hybridized carbons (Fsp3) is 0.261. The lowest BCUT2D eigenvalue weighted by molar-refractivity contribution is -0.145. The maximum absolute atomic E-state index is 13.0. The third kappa shape index (κ3) is 5.65. The highest BCUT2D eigenvalue weighted by Crippen LogP contribution is 2.37. The maximum atomic E-state index is 13.0. The van der Waals surface area contributed by atoms with Gasteiger partial charge in [0, 0.05) is 0 Å². The molecule has 0 unspecified atom stereocenters. The van der Waals surface area contributed by atoms with E-state index in [1.54, 1.807) is 36.1 Å². The molecule has 0 aliphatic carbocycles. The van der Waals surface area contributed by atoms with Crippen molar-refractivity contribution in [1.82, 2.24) is 0 Å². The molecule has 1 heterocycles. The second-order valence-electron chi connectivity index (χ2n) is 6.59. The first-order chi connectivity index (χ1) is 14.9. The number of ether oxygens (including phenoxy) is 3. The first-order valence-electron chi connectivity index (χ1n) is 9.82. The van der Waals surface area contributed by atoms with E-state index >= 15 is 0 Å². The molecule has 1 aliphatic rings. The summed E-state index contributed by atoms with van der Waals surface area (Å²) in [6, 6.07) is 12.9. The minimum absolute atomic E-state index is 0.166. The van der Waals surface area contributed by atoms with Gasteiger partial charge in [-0.25, -0.2) is 4.79 Å². The van der Waals surface area contributed by atoms with Crippen LogP contribution in [0.2, 0.25) is 0 Å². The van der Waals surface area contributed by atoms with E-state index in [1.807, 2.05) is 38.1 Å². The number of benzene rings is 2. The van der Waals surface area contributed by atoms with Crippen LogP contribution in [-0.2, 0) is 14.3 Å². The smallest absolute Gasteiger partial charge is 0.344 e. The molecule has 0 saturated carbocycles. The normalized spacial score (nSPS) is 14.8. The SMILES string of the molecule is CCOC(=O)COc1ccc(/C=C2/SC(=S)N(c3cccc(C)c3)C2=O)cc1OCC. The molecule has 2 aromatic rings. The predicted molar refractivity (Wildman–Crippen MR) is 127 cm³/mol. The molecule has 1 amide bonds. The number of nitrogens with zero attached hydrogens (tertiary/aromatic N) is 1. The van der Waals surface area contributed by atoms with Gasteiger partial charge in [0.15, 0.2) is 22.4 Å². The Morgan fingerprint density at radius 1 is 1.10 bits per heavy atom. The summed E-state index contributed by atoms with van der Waals surface area (Å²) in [4.78, 5) is 26.6. The molecular weight excluding hydrogens is 434 g/mol. The molecule has 0 spiro atoms. The summed E-state index contributed by atoms with van der Waals surface area (Å²) in [5.74, 6) is 0.295. The van der Waals surface area contributed by atoms with Crippen LogP contribution < -0.4 is 14.4 Å². The summed E-state index contributed by atoms with van der Waals surface area (Å²) in [6.45, 7) is 6.07. The van der Waals surface area contributed by atoms with E-state index in [2.05, 4.69) is 0 Å². The Morgan fingerprint density at radius 3 is 2.61 bits per heavy atom. The Bertz CT molecular complexity index is 1030. The van der Waals surface area contributed by atoms with Gasteiger partial charge in [-0.1, -0.05) is 42.2 Å². The molecule has 0 bridgehead atoms. The Hall–Kier alpha value is -2.84. The number of amides is 1. The van der Waals surface area contributed by atoms with E-state index in [0.29, 0.717) is 33.9 Å². The molecule has 1 saturated heterocycles. The molecule has 0 N–H and O–H groups in total. The van der Waals surface area contributed by atoms with Crippen LogP contribution in [-0.4, -0.2) is 36.0 Å². The van der Waals surface area contributed by atoms with Gasteiger partial charge < -0.3 is 14.2 Å². The molecular formula is C23H23NO5S2. The molecule has 3 rings (SSSR count). The molecule has 6 nitrogen and oxygen atoms in total. The second kappa shape index (κ2) is 10.5. The molecule has 0 aromatic heterocycles. The van der Waals surface area contributed by atoms with Gasteiger partial charge in [0.05, 0.1) is 23.8 Å². The summed E-state index contributed by atoms with van der Waals surface area (Å²) < 4.78 is 16.6. The number of carbonyl (C=O) groups excluding carboxylic acids is 2. The average molecular weight is 458 g/mol. The third-order valence-corrected chi connectivity index (χ3v) is 5.57. The number of aryl methyl sites for hydroxylation is 1. The lowest BCUT2D eigenvalue weighted by Crippen LogP contribution is -2.27. The third-order valence-electron chi connectivity index (χ3n) is 4.27. The van der Waals surface area contributed by atoms with Crippen molar-refractivity contribution >= 4 is 51.9 Å². The quantitative estimate of drug-likeness (QED) is 0.322. The van der Waals surface area contributed by atoms with Crippen molar-refractivity contribution in [2.75, 3.05) is 24.7 Å². The van der Waals surface area contributed by atoms with E-state index in [1.165, 1.54) is 11.8 Å². The highest BCUT2D eigenvalue weighted by atomic mass is 32.2. The summed E-state index contributed by atoms with van der Waals surface area (Å²) in [6.07, 6.45) is 1.77. The number of hydrogen-bond acceptors (Lipinski definition) is 7. The van der Waals surface area contributed by atoms with E-state index < -0.39 is 5.97 Å². The summed E-state index contributed by atoms with van der Waals surface area (Å²) in [5.41, 5.74) is 2.57. The van der Waals surface area contributed by atoms with Crippen LogP contribution in [0.3, 0.4) is 0 Å². The number of anilines is 1. The zero-order valence-electron chi connectivity index (χ0n) is 17.5. The molecule has 31 heavy (non-hydrogen) atoms. The number of rotatable bonds is 8. The van der Waals surface area contributed by atoms with Crippen molar-refractivity contribution in [2.45, 2.75) is 20.8 Å². The van der Waals surface area contributed by atoms with E-state index in [0.717, 1.165) is 16.8 Å². The maximum Gasteiger partial charge on any atom is 0.344 e. The molecule has 162 valence electrons. The van der Waals surface area contributed by atoms with Crippen LogP contribution in [0.1, 0.15) is 25.0 Å². The van der Waals surface area contributed by atoms with Gasteiger partial charge in [0.1, 0.15) is 0 Å². The van der Waals surface area contributed by atoms with Gasteiger partial charge >= 0.3 is 5.97 Å². The standard InChI is InChI=1S/C23H23NO5S2/c1-4-27-19-12-16(9-10-18(19)29-14-21(25)28-5-2)13-20-22(26)24(23(30)31-20)17-8-6-7-15(3)11-17/h6-13H,4-5,14H2,1-3H3/b20-13+. The Kier molecular flexibility index (Phi) is 7.70. The fourth-order valence-corrected chi connectivity index (χ4v) is 4.25. The summed E-state index contributed by atoms with van der Waals surface area (Å²) in [5, 5.41) is 0. The zero-order chi connectivity index (χ0) is 22.4. The van der Waals surface area contributed by atoms with Gasteiger partial charge in [-0.05, 0) is 62.2 Å². The van der Waals surface area contributed by atoms with Gasteiger partial charge in [0.2, 0.25) is 0 Å². The second-order valence-corrected chi connectivity index (χ2v) is 8.26. The van der Waals surface area contributed by atoms with E-state index in [-0.39, 0.29) is 12.5 Å². The average Bonchev–Trinajstić information content (AvgIpc) is 3.01. The van der Waals surface area contributed by atoms with Gasteiger partial charge in [-0.3, -0.25) is 9.69 Å². The lowest BCUT2D eigenvalue weighted by atomic mass is 10.1. The largest absolute Gasteiger partial charge is 0.490 e. The monoisotopic (exact) mass is 457 g/mol. The van der Waals surface area contributed by atoms with Gasteiger partial charge in [0.25, 0.3) is 5.91 Å². The van der Waals surface area contributed by atoms with Crippen molar-refractivity contribution in [3.8, 4) is 11.5 Å².